The molecule has 1 aromatic heterocycles. The van der Waals surface area contributed by atoms with Crippen LogP contribution in [0.5, 0.6) is 0 Å². The van der Waals surface area contributed by atoms with Gasteiger partial charge in [0.2, 0.25) is 0 Å². The van der Waals surface area contributed by atoms with Crippen molar-refractivity contribution in [1.82, 2.24) is 10.3 Å². The second kappa shape index (κ2) is 6.51. The summed E-state index contributed by atoms with van der Waals surface area (Å²) in [4.78, 5) is 4.62. The van der Waals surface area contributed by atoms with Gasteiger partial charge in [-0.2, -0.15) is 0 Å². The van der Waals surface area contributed by atoms with Gasteiger partial charge in [-0.25, -0.2) is 0 Å². The van der Waals surface area contributed by atoms with E-state index in [9.17, 15) is 0 Å². The molecule has 1 N–H and O–H groups in total. The molecule has 1 aliphatic rings. The Bertz CT molecular complexity index is 402. The Morgan fingerprint density at radius 3 is 2.74 bits per heavy atom. The second-order valence-corrected chi connectivity index (χ2v) is 6.32. The average Bonchev–Trinajstić information content (AvgIpc) is 2.39. The molecule has 1 heterocycles. The van der Waals surface area contributed by atoms with Gasteiger partial charge in [0.05, 0.1) is 11.7 Å². The molecule has 0 radical (unpaired) electrons. The van der Waals surface area contributed by atoms with E-state index < -0.39 is 0 Å². The SMILES string of the molecule is CCNC(c1cc(C)ccn1)C1CCC(C)C(C)C1. The average molecular weight is 260 g/mol. The molecule has 1 aliphatic carbocycles. The van der Waals surface area contributed by atoms with Crippen molar-refractivity contribution >= 4 is 0 Å². The maximum Gasteiger partial charge on any atom is 0.0578 e. The van der Waals surface area contributed by atoms with Gasteiger partial charge in [-0.1, -0.05) is 27.2 Å². The summed E-state index contributed by atoms with van der Waals surface area (Å²) in [5.41, 5.74) is 2.54. The van der Waals surface area contributed by atoms with Crippen LogP contribution in [-0.4, -0.2) is 11.5 Å². The summed E-state index contributed by atoms with van der Waals surface area (Å²) < 4.78 is 0. The molecule has 2 heteroatoms. The summed E-state index contributed by atoms with van der Waals surface area (Å²) in [6.07, 6.45) is 5.97. The van der Waals surface area contributed by atoms with Crippen LogP contribution in [0.15, 0.2) is 18.3 Å². The first kappa shape index (κ1) is 14.5. The Hall–Kier alpha value is -0.890. The Labute approximate surface area is 118 Å². The van der Waals surface area contributed by atoms with Crippen molar-refractivity contribution in [2.45, 2.75) is 53.0 Å². The molecule has 1 aromatic rings. The second-order valence-electron chi connectivity index (χ2n) is 6.32. The predicted molar refractivity (Wildman–Crippen MR) is 81.1 cm³/mol. The fourth-order valence-corrected chi connectivity index (χ4v) is 3.35. The van der Waals surface area contributed by atoms with Crippen LogP contribution in [0.2, 0.25) is 0 Å². The molecule has 0 amide bonds. The third kappa shape index (κ3) is 3.56. The van der Waals surface area contributed by atoms with E-state index in [1.165, 1.54) is 30.5 Å². The number of aryl methyl sites for hydroxylation is 1. The quantitative estimate of drug-likeness (QED) is 0.881. The zero-order valence-electron chi connectivity index (χ0n) is 12.8. The molecule has 1 saturated carbocycles. The largest absolute Gasteiger partial charge is 0.309 e. The van der Waals surface area contributed by atoms with Gasteiger partial charge in [0.1, 0.15) is 0 Å². The predicted octanol–water partition coefficient (Wildman–Crippen LogP) is 4.11. The van der Waals surface area contributed by atoms with Crippen LogP contribution >= 0.6 is 0 Å². The lowest BCUT2D eigenvalue weighted by Crippen LogP contribution is -2.33. The van der Waals surface area contributed by atoms with Crippen LogP contribution in [0.3, 0.4) is 0 Å². The number of hydrogen-bond donors (Lipinski definition) is 1. The molecule has 2 nitrogen and oxygen atoms in total. The van der Waals surface area contributed by atoms with Crippen LogP contribution < -0.4 is 5.32 Å². The molecule has 2 rings (SSSR count). The van der Waals surface area contributed by atoms with Gasteiger partial charge in [-0.05, 0) is 61.8 Å². The number of rotatable bonds is 4. The molecule has 0 bridgehead atoms. The van der Waals surface area contributed by atoms with Crippen LogP contribution in [0.1, 0.15) is 57.3 Å². The van der Waals surface area contributed by atoms with Crippen LogP contribution in [0.25, 0.3) is 0 Å². The zero-order valence-corrected chi connectivity index (χ0v) is 12.8. The minimum Gasteiger partial charge on any atom is -0.309 e. The summed E-state index contributed by atoms with van der Waals surface area (Å²) >= 11 is 0. The highest BCUT2D eigenvalue weighted by Gasteiger charge is 2.31. The van der Waals surface area contributed by atoms with Gasteiger partial charge in [-0.3, -0.25) is 4.98 Å². The molecule has 4 atom stereocenters. The van der Waals surface area contributed by atoms with E-state index in [1.54, 1.807) is 0 Å². The summed E-state index contributed by atoms with van der Waals surface area (Å²) in [6.45, 7) is 10.2. The lowest BCUT2D eigenvalue weighted by Gasteiger charge is -2.37. The van der Waals surface area contributed by atoms with E-state index in [1.807, 2.05) is 6.20 Å². The van der Waals surface area contributed by atoms with Gasteiger partial charge in [0.25, 0.3) is 0 Å². The van der Waals surface area contributed by atoms with Gasteiger partial charge < -0.3 is 5.32 Å². The first-order valence-corrected chi connectivity index (χ1v) is 7.77. The van der Waals surface area contributed by atoms with Crippen LogP contribution in [-0.2, 0) is 0 Å². The van der Waals surface area contributed by atoms with Crippen LogP contribution in [0, 0.1) is 24.7 Å². The fourth-order valence-electron chi connectivity index (χ4n) is 3.35. The van der Waals surface area contributed by atoms with Crippen molar-refractivity contribution in [2.24, 2.45) is 17.8 Å². The molecule has 106 valence electrons. The van der Waals surface area contributed by atoms with Gasteiger partial charge in [0.15, 0.2) is 0 Å². The normalized spacial score (nSPS) is 29.2. The molecule has 0 saturated heterocycles. The van der Waals surface area contributed by atoms with Gasteiger partial charge >= 0.3 is 0 Å². The lowest BCUT2D eigenvalue weighted by molar-refractivity contribution is 0.170. The Morgan fingerprint density at radius 2 is 2.11 bits per heavy atom. The highest BCUT2D eigenvalue weighted by atomic mass is 14.9. The number of pyridine rings is 1. The molecule has 1 fully saturated rings. The third-order valence-corrected chi connectivity index (χ3v) is 4.79. The molecule has 0 spiro atoms. The highest BCUT2D eigenvalue weighted by Crippen LogP contribution is 2.39. The smallest absolute Gasteiger partial charge is 0.0578 e. The molecule has 4 unspecified atom stereocenters. The number of nitrogens with one attached hydrogen (secondary N) is 1. The summed E-state index contributed by atoms with van der Waals surface area (Å²) in [5.74, 6) is 2.45. The monoisotopic (exact) mass is 260 g/mol. The minimum absolute atomic E-state index is 0.430. The van der Waals surface area contributed by atoms with E-state index >= 15 is 0 Å². The summed E-state index contributed by atoms with van der Waals surface area (Å²) in [6, 6.07) is 4.76. The highest BCUT2D eigenvalue weighted by molar-refractivity contribution is 5.18. The maximum atomic E-state index is 4.62. The Kier molecular flexibility index (Phi) is 4.98. The van der Waals surface area contributed by atoms with Gasteiger partial charge in [0, 0.05) is 6.20 Å². The summed E-state index contributed by atoms with van der Waals surface area (Å²) in [7, 11) is 0. The first-order valence-electron chi connectivity index (χ1n) is 7.77. The Balaban J connectivity index is 2.16. The molecule has 19 heavy (non-hydrogen) atoms. The molecular formula is C17H28N2. The third-order valence-electron chi connectivity index (χ3n) is 4.79. The van der Waals surface area contributed by atoms with E-state index in [0.29, 0.717) is 6.04 Å². The lowest BCUT2D eigenvalue weighted by atomic mass is 9.72. The topological polar surface area (TPSA) is 24.9 Å². The first-order chi connectivity index (χ1) is 9.11. The molecule has 0 aliphatic heterocycles. The van der Waals surface area contributed by atoms with Gasteiger partial charge in [-0.15, -0.1) is 0 Å². The molecule has 0 aromatic carbocycles. The van der Waals surface area contributed by atoms with E-state index in [0.717, 1.165) is 24.3 Å². The summed E-state index contributed by atoms with van der Waals surface area (Å²) in [5, 5.41) is 3.67. The van der Waals surface area contributed by atoms with E-state index in [4.69, 9.17) is 0 Å². The zero-order chi connectivity index (χ0) is 13.8. The van der Waals surface area contributed by atoms with Crippen molar-refractivity contribution in [3.05, 3.63) is 29.6 Å². The standard InChI is InChI=1S/C17H28N2/c1-5-18-17(16-10-12(2)8-9-19-16)15-7-6-13(3)14(4)11-15/h8-10,13-15,17-18H,5-7,11H2,1-4H3. The van der Waals surface area contributed by atoms with E-state index in [2.05, 4.69) is 50.1 Å². The van der Waals surface area contributed by atoms with Crippen molar-refractivity contribution in [3.8, 4) is 0 Å². The minimum atomic E-state index is 0.430. The van der Waals surface area contributed by atoms with Crippen molar-refractivity contribution < 1.29 is 0 Å². The maximum absolute atomic E-state index is 4.62. The van der Waals surface area contributed by atoms with Crippen molar-refractivity contribution in [2.75, 3.05) is 6.54 Å². The van der Waals surface area contributed by atoms with E-state index in [-0.39, 0.29) is 0 Å². The van der Waals surface area contributed by atoms with Crippen LogP contribution in [0.4, 0.5) is 0 Å². The van der Waals surface area contributed by atoms with Crippen molar-refractivity contribution in [3.63, 3.8) is 0 Å². The number of hydrogen-bond acceptors (Lipinski definition) is 2. The number of nitrogens with zero attached hydrogens (tertiary/aromatic N) is 1. The van der Waals surface area contributed by atoms with Crippen molar-refractivity contribution in [1.29, 1.82) is 0 Å². The fraction of sp³-hybridized carbons (Fsp3) is 0.706. The number of aromatic nitrogens is 1. The Morgan fingerprint density at radius 1 is 1.32 bits per heavy atom. The molecular weight excluding hydrogens is 232 g/mol.